The van der Waals surface area contributed by atoms with E-state index in [-0.39, 0.29) is 5.56 Å². The Morgan fingerprint density at radius 1 is 1.47 bits per heavy atom. The highest BCUT2D eigenvalue weighted by Gasteiger charge is 2.29. The lowest BCUT2D eigenvalue weighted by molar-refractivity contribution is -0.386. The molecule has 0 aliphatic heterocycles. The summed E-state index contributed by atoms with van der Waals surface area (Å²) in [6.45, 7) is -2.00. The smallest absolute Gasteiger partial charge is 0.387 e. The summed E-state index contributed by atoms with van der Waals surface area (Å²) in [5.74, 6) is -2.69. The van der Waals surface area contributed by atoms with Crippen molar-refractivity contribution in [2.45, 2.75) is 19.6 Å². The van der Waals surface area contributed by atoms with E-state index >= 15 is 0 Å². The van der Waals surface area contributed by atoms with Crippen LogP contribution in [-0.4, -0.2) is 27.7 Å². The van der Waals surface area contributed by atoms with E-state index in [0.717, 1.165) is 12.1 Å². The molecule has 1 aromatic rings. The van der Waals surface area contributed by atoms with Crippen molar-refractivity contribution in [3.05, 3.63) is 33.4 Å². The van der Waals surface area contributed by atoms with Crippen molar-refractivity contribution in [1.82, 2.24) is 0 Å². The molecular formula is C10H9F2NO6. The van der Waals surface area contributed by atoms with Crippen molar-refractivity contribution in [1.29, 1.82) is 0 Å². The molecule has 1 atom stereocenters. The van der Waals surface area contributed by atoms with Crippen molar-refractivity contribution in [2.24, 2.45) is 0 Å². The van der Waals surface area contributed by atoms with Crippen LogP contribution >= 0.6 is 0 Å². The highest BCUT2D eigenvalue weighted by Crippen LogP contribution is 2.37. The van der Waals surface area contributed by atoms with Crippen molar-refractivity contribution < 1.29 is 33.4 Å². The molecule has 0 bridgehead atoms. The molecule has 1 unspecified atom stereocenters. The fourth-order valence-electron chi connectivity index (χ4n) is 1.47. The van der Waals surface area contributed by atoms with Gasteiger partial charge < -0.3 is 14.9 Å². The molecule has 0 fully saturated rings. The third-order valence-electron chi connectivity index (χ3n) is 2.17. The van der Waals surface area contributed by atoms with Crippen LogP contribution in [0.4, 0.5) is 14.5 Å². The molecule has 2 N–H and O–H groups in total. The topological polar surface area (TPSA) is 110 Å². The number of aliphatic carboxylic acids is 1. The highest BCUT2D eigenvalue weighted by molar-refractivity contribution is 5.76. The van der Waals surface area contributed by atoms with E-state index in [1.54, 1.807) is 0 Å². The van der Waals surface area contributed by atoms with Crippen molar-refractivity contribution in [2.75, 3.05) is 0 Å². The molecular weight excluding hydrogens is 268 g/mol. The summed E-state index contributed by atoms with van der Waals surface area (Å²) in [5.41, 5.74) is -1.21. The molecule has 0 aromatic heterocycles. The molecule has 9 heteroatoms. The van der Waals surface area contributed by atoms with Gasteiger partial charge in [0.1, 0.15) is 0 Å². The molecule has 0 saturated heterocycles. The highest BCUT2D eigenvalue weighted by atomic mass is 19.3. The Morgan fingerprint density at radius 3 is 2.47 bits per heavy atom. The van der Waals surface area contributed by atoms with E-state index < -0.39 is 40.6 Å². The number of carboxylic acids is 1. The van der Waals surface area contributed by atoms with E-state index in [2.05, 4.69) is 4.74 Å². The Bertz CT molecular complexity index is 519. The van der Waals surface area contributed by atoms with E-state index in [1.807, 2.05) is 0 Å². The SMILES string of the molecule is Cc1cc(C(O)C(=O)O)c(OC(F)F)c([N+](=O)[O-])c1. The van der Waals surface area contributed by atoms with Crippen LogP contribution in [0.15, 0.2) is 12.1 Å². The first-order valence-electron chi connectivity index (χ1n) is 4.88. The Kier molecular flexibility index (Phi) is 4.33. The van der Waals surface area contributed by atoms with Crippen LogP contribution in [0, 0.1) is 17.0 Å². The quantitative estimate of drug-likeness (QED) is 0.625. The molecule has 0 heterocycles. The largest absolute Gasteiger partial charge is 0.479 e. The van der Waals surface area contributed by atoms with Crippen LogP contribution in [0.1, 0.15) is 17.2 Å². The summed E-state index contributed by atoms with van der Waals surface area (Å²) in [5, 5.41) is 28.8. The van der Waals surface area contributed by atoms with E-state index in [1.165, 1.54) is 6.92 Å². The monoisotopic (exact) mass is 277 g/mol. The summed E-state index contributed by atoms with van der Waals surface area (Å²) in [7, 11) is 0. The number of hydrogen-bond donors (Lipinski definition) is 2. The number of nitro benzene ring substituents is 1. The maximum atomic E-state index is 12.2. The number of aryl methyl sites for hydroxylation is 1. The second kappa shape index (κ2) is 5.57. The van der Waals surface area contributed by atoms with Crippen LogP contribution in [0.3, 0.4) is 0 Å². The van der Waals surface area contributed by atoms with Crippen molar-refractivity contribution in [3.63, 3.8) is 0 Å². The molecule has 0 saturated carbocycles. The molecule has 0 aliphatic rings. The lowest BCUT2D eigenvalue weighted by Crippen LogP contribution is -2.15. The van der Waals surface area contributed by atoms with Crippen LogP contribution in [-0.2, 0) is 4.79 Å². The number of aliphatic hydroxyl groups is 1. The van der Waals surface area contributed by atoms with Crippen LogP contribution in [0.25, 0.3) is 0 Å². The predicted octanol–water partition coefficient (Wildman–Crippen LogP) is 1.62. The Hall–Kier alpha value is -2.29. The first-order valence-corrected chi connectivity index (χ1v) is 4.88. The van der Waals surface area contributed by atoms with Crippen molar-refractivity contribution in [3.8, 4) is 5.75 Å². The number of rotatable bonds is 5. The van der Waals surface area contributed by atoms with Crippen LogP contribution < -0.4 is 4.74 Å². The average Bonchev–Trinajstić information content (AvgIpc) is 2.28. The first kappa shape index (κ1) is 14.8. The van der Waals surface area contributed by atoms with Gasteiger partial charge in [0.25, 0.3) is 0 Å². The summed E-state index contributed by atoms with van der Waals surface area (Å²) >= 11 is 0. The van der Waals surface area contributed by atoms with Gasteiger partial charge in [-0.1, -0.05) is 0 Å². The predicted molar refractivity (Wildman–Crippen MR) is 57.1 cm³/mol. The first-order chi connectivity index (χ1) is 8.73. The minimum atomic E-state index is -3.39. The molecule has 1 aromatic carbocycles. The van der Waals surface area contributed by atoms with Gasteiger partial charge in [-0.25, -0.2) is 4.79 Å². The fourth-order valence-corrected chi connectivity index (χ4v) is 1.47. The van der Waals surface area contributed by atoms with Crippen molar-refractivity contribution >= 4 is 11.7 Å². The minimum absolute atomic E-state index is 0.226. The molecule has 1 rings (SSSR count). The molecule has 7 nitrogen and oxygen atoms in total. The van der Waals surface area contributed by atoms with Gasteiger partial charge in [0.2, 0.25) is 5.75 Å². The summed E-state index contributed by atoms with van der Waals surface area (Å²) in [6, 6.07) is 1.97. The maximum absolute atomic E-state index is 12.2. The fraction of sp³-hybridized carbons (Fsp3) is 0.300. The van der Waals surface area contributed by atoms with Gasteiger partial charge in [-0.15, -0.1) is 0 Å². The molecule has 19 heavy (non-hydrogen) atoms. The number of carboxylic acid groups (broad SMARTS) is 1. The zero-order valence-corrected chi connectivity index (χ0v) is 9.54. The van der Waals surface area contributed by atoms with E-state index in [4.69, 9.17) is 5.11 Å². The van der Waals surface area contributed by atoms with Gasteiger partial charge in [0, 0.05) is 11.6 Å². The van der Waals surface area contributed by atoms with Gasteiger partial charge >= 0.3 is 18.3 Å². The third kappa shape index (κ3) is 3.35. The number of alkyl halides is 2. The number of halogens is 2. The Labute approximate surface area is 105 Å². The number of aliphatic hydroxyl groups excluding tert-OH is 1. The number of nitro groups is 1. The van der Waals surface area contributed by atoms with Gasteiger partial charge in [-0.3, -0.25) is 10.1 Å². The summed E-state index contributed by atoms with van der Waals surface area (Å²) in [4.78, 5) is 20.4. The van der Waals surface area contributed by atoms with E-state index in [0.29, 0.717) is 0 Å². The van der Waals surface area contributed by atoms with Gasteiger partial charge in [-0.2, -0.15) is 8.78 Å². The molecule has 0 spiro atoms. The normalized spacial score (nSPS) is 12.3. The summed E-state index contributed by atoms with van der Waals surface area (Å²) in [6.07, 6.45) is -2.20. The number of carbonyl (C=O) groups is 1. The van der Waals surface area contributed by atoms with Gasteiger partial charge in [0.05, 0.1) is 4.92 Å². The van der Waals surface area contributed by atoms with Crippen LogP contribution in [0.5, 0.6) is 5.75 Å². The molecule has 0 amide bonds. The zero-order valence-electron chi connectivity index (χ0n) is 9.54. The standard InChI is InChI=1S/C10H9F2NO6/c1-4-2-5(7(14)9(15)16)8(19-10(11)12)6(3-4)13(17)18/h2-3,7,10,14H,1H3,(H,15,16). The zero-order chi connectivity index (χ0) is 14.7. The number of hydrogen-bond acceptors (Lipinski definition) is 5. The van der Waals surface area contributed by atoms with E-state index in [9.17, 15) is 28.8 Å². The summed E-state index contributed by atoms with van der Waals surface area (Å²) < 4.78 is 28.4. The third-order valence-corrected chi connectivity index (χ3v) is 2.17. The number of benzene rings is 1. The van der Waals surface area contributed by atoms with Gasteiger partial charge in [0.15, 0.2) is 6.10 Å². The second-order valence-electron chi connectivity index (χ2n) is 3.58. The molecule has 0 aliphatic carbocycles. The van der Waals surface area contributed by atoms with Crippen LogP contribution in [0.2, 0.25) is 0 Å². The van der Waals surface area contributed by atoms with Gasteiger partial charge in [-0.05, 0) is 18.6 Å². The lowest BCUT2D eigenvalue weighted by Gasteiger charge is -2.14. The Morgan fingerprint density at radius 2 is 2.05 bits per heavy atom. The maximum Gasteiger partial charge on any atom is 0.387 e. The second-order valence-corrected chi connectivity index (χ2v) is 3.58. The average molecular weight is 277 g/mol. The molecule has 0 radical (unpaired) electrons. The number of ether oxygens (including phenoxy) is 1. The Balaban J connectivity index is 3.49. The lowest BCUT2D eigenvalue weighted by atomic mass is 10.0. The minimum Gasteiger partial charge on any atom is -0.479 e. The molecule has 104 valence electrons. The number of nitrogens with zero attached hydrogens (tertiary/aromatic N) is 1.